The number of hydrogen-bond acceptors (Lipinski definition) is 3. The van der Waals surface area contributed by atoms with Crippen molar-refractivity contribution in [2.24, 2.45) is 5.73 Å². The van der Waals surface area contributed by atoms with Gasteiger partial charge in [-0.3, -0.25) is 0 Å². The van der Waals surface area contributed by atoms with E-state index in [1.54, 1.807) is 7.11 Å². The molecule has 1 aromatic heterocycles. The smallest absolute Gasteiger partial charge is 0.212 e. The molecule has 1 saturated carbocycles. The highest BCUT2D eigenvalue weighted by Gasteiger charge is 2.43. The maximum atomic E-state index is 5.60. The number of nitrogens with two attached hydrogens (primary N) is 1. The Balaban J connectivity index is 2.16. The summed E-state index contributed by atoms with van der Waals surface area (Å²) >= 11 is 0. The van der Waals surface area contributed by atoms with Crippen LogP contribution in [0, 0.1) is 0 Å². The van der Waals surface area contributed by atoms with Crippen molar-refractivity contribution in [3.8, 4) is 5.88 Å². The lowest BCUT2D eigenvalue weighted by Gasteiger charge is -2.13. The molecule has 1 aromatic rings. The topological polar surface area (TPSA) is 48.1 Å². The summed E-state index contributed by atoms with van der Waals surface area (Å²) in [6, 6.07) is 4.03. The van der Waals surface area contributed by atoms with Crippen LogP contribution in [0.3, 0.4) is 0 Å². The fourth-order valence-electron chi connectivity index (χ4n) is 1.92. The van der Waals surface area contributed by atoms with Gasteiger partial charge >= 0.3 is 0 Å². The first-order valence-electron chi connectivity index (χ1n) is 5.01. The van der Waals surface area contributed by atoms with Crippen LogP contribution in [-0.2, 0) is 5.41 Å². The van der Waals surface area contributed by atoms with Gasteiger partial charge in [0, 0.05) is 12.3 Å². The van der Waals surface area contributed by atoms with Gasteiger partial charge in [-0.1, -0.05) is 6.07 Å². The highest BCUT2D eigenvalue weighted by Crippen LogP contribution is 2.50. The van der Waals surface area contributed by atoms with Crippen molar-refractivity contribution in [3.63, 3.8) is 0 Å². The highest BCUT2D eigenvalue weighted by atomic mass is 16.5. The van der Waals surface area contributed by atoms with Crippen LogP contribution in [0.4, 0.5) is 0 Å². The summed E-state index contributed by atoms with van der Waals surface area (Å²) in [6.45, 7) is 0.756. The number of rotatable bonds is 4. The van der Waals surface area contributed by atoms with Crippen LogP contribution >= 0.6 is 0 Å². The third-order valence-electron chi connectivity index (χ3n) is 3.03. The summed E-state index contributed by atoms with van der Waals surface area (Å²) in [5.41, 5.74) is 7.25. The molecule has 0 amide bonds. The molecule has 1 aliphatic carbocycles. The Morgan fingerprint density at radius 3 is 2.71 bits per heavy atom. The second kappa shape index (κ2) is 3.58. The van der Waals surface area contributed by atoms with Gasteiger partial charge in [0.25, 0.3) is 0 Å². The van der Waals surface area contributed by atoms with Gasteiger partial charge in [0.2, 0.25) is 5.88 Å². The number of hydrogen-bond donors (Lipinski definition) is 1. The minimum atomic E-state index is 0.341. The minimum absolute atomic E-state index is 0.341. The molecule has 1 heterocycles. The van der Waals surface area contributed by atoms with Crippen LogP contribution in [0.5, 0.6) is 5.88 Å². The average Bonchev–Trinajstić information content (AvgIpc) is 3.00. The first kappa shape index (κ1) is 9.46. The predicted octanol–water partition coefficient (Wildman–Crippen LogP) is 1.47. The van der Waals surface area contributed by atoms with Crippen molar-refractivity contribution in [2.75, 3.05) is 13.7 Å². The van der Waals surface area contributed by atoms with Crippen LogP contribution in [0.15, 0.2) is 18.3 Å². The van der Waals surface area contributed by atoms with Gasteiger partial charge < -0.3 is 10.5 Å². The Hall–Kier alpha value is -1.09. The molecule has 3 heteroatoms. The zero-order chi connectivity index (χ0) is 10.0. The molecule has 76 valence electrons. The van der Waals surface area contributed by atoms with Crippen molar-refractivity contribution >= 4 is 0 Å². The monoisotopic (exact) mass is 192 g/mol. The molecule has 1 fully saturated rings. The van der Waals surface area contributed by atoms with Crippen LogP contribution in [0.2, 0.25) is 0 Å². The molecule has 0 aliphatic heterocycles. The molecule has 0 unspecified atom stereocenters. The first-order valence-corrected chi connectivity index (χ1v) is 5.01. The van der Waals surface area contributed by atoms with Crippen LogP contribution < -0.4 is 10.5 Å². The number of methoxy groups -OCH3 is 1. The van der Waals surface area contributed by atoms with Crippen molar-refractivity contribution in [2.45, 2.75) is 24.7 Å². The molecule has 0 aromatic carbocycles. The molecule has 0 bridgehead atoms. The molecular formula is C11H16N2O. The van der Waals surface area contributed by atoms with Crippen LogP contribution in [0.25, 0.3) is 0 Å². The molecule has 2 rings (SSSR count). The largest absolute Gasteiger partial charge is 0.481 e. The van der Waals surface area contributed by atoms with Crippen LogP contribution in [0.1, 0.15) is 24.8 Å². The van der Waals surface area contributed by atoms with E-state index in [1.807, 2.05) is 12.3 Å². The molecule has 0 spiro atoms. The average molecular weight is 192 g/mol. The molecule has 0 saturated heterocycles. The normalized spacial score (nSPS) is 17.9. The molecule has 14 heavy (non-hydrogen) atoms. The number of nitrogens with zero attached hydrogens (tertiary/aromatic N) is 1. The Kier molecular flexibility index (Phi) is 2.42. The number of ether oxygens (including phenoxy) is 1. The Labute approximate surface area is 84.3 Å². The SMILES string of the molecule is COc1ccc(C2(CCN)CC2)cn1. The van der Waals surface area contributed by atoms with Crippen molar-refractivity contribution < 1.29 is 4.74 Å². The van der Waals surface area contributed by atoms with E-state index in [0.29, 0.717) is 11.3 Å². The maximum absolute atomic E-state index is 5.60. The Morgan fingerprint density at radius 1 is 1.50 bits per heavy atom. The van der Waals surface area contributed by atoms with Crippen LogP contribution in [-0.4, -0.2) is 18.6 Å². The minimum Gasteiger partial charge on any atom is -0.481 e. The van der Waals surface area contributed by atoms with Gasteiger partial charge in [0.15, 0.2) is 0 Å². The van der Waals surface area contributed by atoms with Gasteiger partial charge in [0.05, 0.1) is 7.11 Å². The van der Waals surface area contributed by atoms with E-state index in [2.05, 4.69) is 11.1 Å². The van der Waals surface area contributed by atoms with Gasteiger partial charge in [-0.25, -0.2) is 4.98 Å². The van der Waals surface area contributed by atoms with Crippen molar-refractivity contribution in [1.29, 1.82) is 0 Å². The quantitative estimate of drug-likeness (QED) is 0.785. The summed E-state index contributed by atoms with van der Waals surface area (Å²) in [5, 5.41) is 0. The predicted molar refractivity (Wildman–Crippen MR) is 55.4 cm³/mol. The zero-order valence-electron chi connectivity index (χ0n) is 8.49. The summed E-state index contributed by atoms with van der Waals surface area (Å²) in [5.74, 6) is 0.678. The van der Waals surface area contributed by atoms with Gasteiger partial charge in [-0.05, 0) is 36.8 Å². The van der Waals surface area contributed by atoms with E-state index in [4.69, 9.17) is 10.5 Å². The van der Waals surface area contributed by atoms with E-state index in [0.717, 1.165) is 13.0 Å². The van der Waals surface area contributed by atoms with E-state index in [1.165, 1.54) is 18.4 Å². The summed E-state index contributed by atoms with van der Waals surface area (Å²) in [6.07, 6.45) is 5.49. The van der Waals surface area contributed by atoms with E-state index in [-0.39, 0.29) is 0 Å². The van der Waals surface area contributed by atoms with Crippen molar-refractivity contribution in [1.82, 2.24) is 4.98 Å². The fourth-order valence-corrected chi connectivity index (χ4v) is 1.92. The molecule has 2 N–H and O–H groups in total. The number of aromatic nitrogens is 1. The van der Waals surface area contributed by atoms with Gasteiger partial charge in [-0.15, -0.1) is 0 Å². The molecule has 1 aliphatic rings. The molecule has 0 atom stereocenters. The lowest BCUT2D eigenvalue weighted by Crippen LogP contribution is -2.13. The fraction of sp³-hybridized carbons (Fsp3) is 0.545. The van der Waals surface area contributed by atoms with Crippen molar-refractivity contribution in [3.05, 3.63) is 23.9 Å². The lowest BCUT2D eigenvalue weighted by atomic mass is 9.94. The molecule has 3 nitrogen and oxygen atoms in total. The third kappa shape index (κ3) is 1.60. The summed E-state index contributed by atoms with van der Waals surface area (Å²) in [4.78, 5) is 4.22. The third-order valence-corrected chi connectivity index (χ3v) is 3.03. The molecule has 0 radical (unpaired) electrons. The molecular weight excluding hydrogens is 176 g/mol. The second-order valence-electron chi connectivity index (χ2n) is 3.91. The Morgan fingerprint density at radius 2 is 2.29 bits per heavy atom. The standard InChI is InChI=1S/C11H16N2O/c1-14-10-3-2-9(8-13-10)11(4-5-11)6-7-12/h2-3,8H,4-7,12H2,1H3. The van der Waals surface area contributed by atoms with E-state index < -0.39 is 0 Å². The lowest BCUT2D eigenvalue weighted by molar-refractivity contribution is 0.397. The highest BCUT2D eigenvalue weighted by molar-refractivity contribution is 5.31. The van der Waals surface area contributed by atoms with E-state index >= 15 is 0 Å². The second-order valence-corrected chi connectivity index (χ2v) is 3.91. The number of pyridine rings is 1. The zero-order valence-corrected chi connectivity index (χ0v) is 8.49. The summed E-state index contributed by atoms with van der Waals surface area (Å²) in [7, 11) is 1.63. The van der Waals surface area contributed by atoms with Gasteiger partial charge in [0.1, 0.15) is 0 Å². The Bertz CT molecular complexity index is 304. The first-order chi connectivity index (χ1) is 6.80. The maximum Gasteiger partial charge on any atom is 0.212 e. The van der Waals surface area contributed by atoms with E-state index in [9.17, 15) is 0 Å². The van der Waals surface area contributed by atoms with Gasteiger partial charge in [-0.2, -0.15) is 0 Å². The summed E-state index contributed by atoms with van der Waals surface area (Å²) < 4.78 is 5.03.